The van der Waals surface area contributed by atoms with Gasteiger partial charge in [-0.15, -0.1) is 0 Å². The fourth-order valence-electron chi connectivity index (χ4n) is 1.27. The van der Waals surface area contributed by atoms with Gasteiger partial charge in [-0.05, 0) is 13.8 Å². The molecule has 0 bridgehead atoms. The van der Waals surface area contributed by atoms with Gasteiger partial charge in [0.15, 0.2) is 0 Å². The Hall–Kier alpha value is -0.420. The highest BCUT2D eigenvalue weighted by Gasteiger charge is 2.11. The summed E-state index contributed by atoms with van der Waals surface area (Å²) in [6.45, 7) is 6.28. The molecule has 0 aromatic carbocycles. The molecular weight excluding hydrogens is 244 g/mol. The zero-order valence-electron chi connectivity index (χ0n) is 8.94. The van der Waals surface area contributed by atoms with Gasteiger partial charge in [-0.3, -0.25) is 9.58 Å². The van der Waals surface area contributed by atoms with Crippen molar-refractivity contribution in [1.82, 2.24) is 19.7 Å². The van der Waals surface area contributed by atoms with Crippen LogP contribution in [0.15, 0.2) is 6.33 Å². The van der Waals surface area contributed by atoms with Crippen LogP contribution in [0.25, 0.3) is 0 Å². The molecule has 0 fully saturated rings. The Morgan fingerprint density at radius 3 is 2.71 bits per heavy atom. The number of aromatic nitrogens is 3. The van der Waals surface area contributed by atoms with Crippen LogP contribution < -0.4 is 0 Å². The molecule has 0 atom stereocenters. The van der Waals surface area contributed by atoms with Crippen molar-refractivity contribution in [2.45, 2.75) is 26.4 Å². The van der Waals surface area contributed by atoms with Gasteiger partial charge in [0, 0.05) is 25.0 Å². The average Bonchev–Trinajstić information content (AvgIpc) is 2.51. The van der Waals surface area contributed by atoms with E-state index in [1.54, 1.807) is 6.33 Å². The van der Waals surface area contributed by atoms with E-state index < -0.39 is 0 Å². The van der Waals surface area contributed by atoms with E-state index in [4.69, 9.17) is 0 Å². The third-order valence-corrected chi connectivity index (χ3v) is 2.61. The van der Waals surface area contributed by atoms with Gasteiger partial charge in [-0.2, -0.15) is 5.10 Å². The molecule has 0 aliphatic heterocycles. The molecule has 4 nitrogen and oxygen atoms in total. The Morgan fingerprint density at radius 1 is 1.57 bits per heavy atom. The van der Waals surface area contributed by atoms with Crippen molar-refractivity contribution in [3.05, 3.63) is 12.2 Å². The second-order valence-electron chi connectivity index (χ2n) is 3.55. The van der Waals surface area contributed by atoms with Gasteiger partial charge in [-0.25, -0.2) is 4.98 Å². The summed E-state index contributed by atoms with van der Waals surface area (Å²) < 4.78 is 1.82. The number of hydrogen-bond donors (Lipinski definition) is 0. The molecule has 0 spiro atoms. The van der Waals surface area contributed by atoms with Crippen LogP contribution in [-0.4, -0.2) is 37.6 Å². The van der Waals surface area contributed by atoms with Crippen molar-refractivity contribution in [1.29, 1.82) is 0 Å². The maximum atomic E-state index is 4.22. The number of hydrogen-bond acceptors (Lipinski definition) is 3. The van der Waals surface area contributed by atoms with Crippen LogP contribution in [-0.2, 0) is 13.6 Å². The first-order valence-corrected chi connectivity index (χ1v) is 5.90. The van der Waals surface area contributed by atoms with Crippen molar-refractivity contribution < 1.29 is 0 Å². The molecule has 5 heteroatoms. The highest BCUT2D eigenvalue weighted by Crippen LogP contribution is 2.05. The van der Waals surface area contributed by atoms with Crippen LogP contribution >= 0.6 is 15.9 Å². The van der Waals surface area contributed by atoms with Crippen LogP contribution in [0.3, 0.4) is 0 Å². The number of aryl methyl sites for hydroxylation is 1. The van der Waals surface area contributed by atoms with E-state index in [-0.39, 0.29) is 0 Å². The molecule has 0 N–H and O–H groups in total. The molecule has 1 aromatic rings. The van der Waals surface area contributed by atoms with E-state index in [9.17, 15) is 0 Å². The van der Waals surface area contributed by atoms with Gasteiger partial charge in [0.1, 0.15) is 12.2 Å². The van der Waals surface area contributed by atoms with Crippen LogP contribution in [0, 0.1) is 0 Å². The summed E-state index contributed by atoms with van der Waals surface area (Å²) in [5.41, 5.74) is 0. The van der Waals surface area contributed by atoms with E-state index in [0.29, 0.717) is 6.04 Å². The summed E-state index contributed by atoms with van der Waals surface area (Å²) in [4.78, 5) is 6.57. The quantitative estimate of drug-likeness (QED) is 0.752. The van der Waals surface area contributed by atoms with Crippen molar-refractivity contribution >= 4 is 15.9 Å². The van der Waals surface area contributed by atoms with E-state index >= 15 is 0 Å². The molecule has 1 aromatic heterocycles. The summed E-state index contributed by atoms with van der Waals surface area (Å²) in [6, 6.07) is 0.532. The topological polar surface area (TPSA) is 34.0 Å². The first-order chi connectivity index (χ1) is 6.65. The lowest BCUT2D eigenvalue weighted by Gasteiger charge is -2.24. The summed E-state index contributed by atoms with van der Waals surface area (Å²) in [6.07, 6.45) is 1.60. The molecule has 14 heavy (non-hydrogen) atoms. The van der Waals surface area contributed by atoms with Crippen LogP contribution in [0.1, 0.15) is 19.7 Å². The lowest BCUT2D eigenvalue weighted by molar-refractivity contribution is 0.219. The van der Waals surface area contributed by atoms with Crippen LogP contribution in [0.4, 0.5) is 0 Å². The molecule has 0 aliphatic carbocycles. The standard InChI is InChI=1S/C9H17BrN4/c1-8(2)14(5-4-10)6-9-11-7-12-13(9)3/h7-8H,4-6H2,1-3H3. The Labute approximate surface area is 93.4 Å². The Balaban J connectivity index is 2.60. The summed E-state index contributed by atoms with van der Waals surface area (Å²) >= 11 is 3.46. The maximum Gasteiger partial charge on any atom is 0.140 e. The number of halogens is 1. The Morgan fingerprint density at radius 2 is 2.29 bits per heavy atom. The van der Waals surface area contributed by atoms with Crippen molar-refractivity contribution in [2.24, 2.45) is 7.05 Å². The predicted octanol–water partition coefficient (Wildman–Crippen LogP) is 1.42. The monoisotopic (exact) mass is 260 g/mol. The summed E-state index contributed by atoms with van der Waals surface area (Å²) in [5.74, 6) is 1.01. The largest absolute Gasteiger partial charge is 0.293 e. The van der Waals surface area contributed by atoms with Gasteiger partial charge in [0.25, 0.3) is 0 Å². The minimum absolute atomic E-state index is 0.532. The first kappa shape index (κ1) is 11.7. The Kier molecular flexibility index (Phi) is 4.54. The molecule has 0 aliphatic rings. The molecule has 0 amide bonds. The van der Waals surface area contributed by atoms with E-state index in [2.05, 4.69) is 44.8 Å². The van der Waals surface area contributed by atoms with Crippen molar-refractivity contribution in [2.75, 3.05) is 11.9 Å². The summed E-state index contributed by atoms with van der Waals surface area (Å²) in [7, 11) is 1.93. The van der Waals surface area contributed by atoms with Gasteiger partial charge in [0.2, 0.25) is 0 Å². The third-order valence-electron chi connectivity index (χ3n) is 2.25. The van der Waals surface area contributed by atoms with Crippen molar-refractivity contribution in [3.8, 4) is 0 Å². The SMILES string of the molecule is CC(C)N(CCBr)Cc1ncnn1C. The second-order valence-corrected chi connectivity index (χ2v) is 4.35. The van der Waals surface area contributed by atoms with Crippen molar-refractivity contribution in [3.63, 3.8) is 0 Å². The zero-order valence-corrected chi connectivity index (χ0v) is 10.5. The zero-order chi connectivity index (χ0) is 10.6. The number of nitrogens with zero attached hydrogens (tertiary/aromatic N) is 4. The smallest absolute Gasteiger partial charge is 0.140 e. The van der Waals surface area contributed by atoms with Crippen LogP contribution in [0.5, 0.6) is 0 Å². The molecule has 1 heterocycles. The highest BCUT2D eigenvalue weighted by molar-refractivity contribution is 9.09. The normalized spacial score (nSPS) is 11.6. The lowest BCUT2D eigenvalue weighted by Crippen LogP contribution is -2.33. The van der Waals surface area contributed by atoms with Gasteiger partial charge in [-0.1, -0.05) is 15.9 Å². The fraction of sp³-hybridized carbons (Fsp3) is 0.778. The molecule has 0 unspecified atom stereocenters. The number of alkyl halides is 1. The van der Waals surface area contributed by atoms with E-state index in [1.165, 1.54) is 0 Å². The number of rotatable bonds is 5. The average molecular weight is 261 g/mol. The molecule has 0 saturated carbocycles. The summed E-state index contributed by atoms with van der Waals surface area (Å²) in [5, 5.41) is 5.05. The minimum atomic E-state index is 0.532. The lowest BCUT2D eigenvalue weighted by atomic mass is 10.3. The first-order valence-electron chi connectivity index (χ1n) is 4.78. The van der Waals surface area contributed by atoms with E-state index in [1.807, 2.05) is 11.7 Å². The fourth-order valence-corrected chi connectivity index (χ4v) is 1.73. The van der Waals surface area contributed by atoms with Gasteiger partial charge in [0.05, 0.1) is 6.54 Å². The van der Waals surface area contributed by atoms with Crippen LogP contribution in [0.2, 0.25) is 0 Å². The Bertz CT molecular complexity index is 272. The molecule has 0 radical (unpaired) electrons. The molecule has 1 rings (SSSR count). The highest BCUT2D eigenvalue weighted by atomic mass is 79.9. The van der Waals surface area contributed by atoms with Gasteiger partial charge < -0.3 is 0 Å². The van der Waals surface area contributed by atoms with E-state index in [0.717, 1.165) is 24.2 Å². The maximum absolute atomic E-state index is 4.22. The third kappa shape index (κ3) is 3.06. The predicted molar refractivity (Wildman–Crippen MR) is 60.3 cm³/mol. The molecule has 0 saturated heterocycles. The second kappa shape index (κ2) is 5.46. The minimum Gasteiger partial charge on any atom is -0.293 e. The molecular formula is C9H17BrN4. The van der Waals surface area contributed by atoms with Gasteiger partial charge >= 0.3 is 0 Å². The molecule has 80 valence electrons.